The highest BCUT2D eigenvalue weighted by Gasteiger charge is 2.53. The van der Waals surface area contributed by atoms with Gasteiger partial charge in [0.05, 0.1) is 5.56 Å². The number of esters is 1. The summed E-state index contributed by atoms with van der Waals surface area (Å²) in [5, 5.41) is 0. The lowest BCUT2D eigenvalue weighted by Gasteiger charge is -2.37. The summed E-state index contributed by atoms with van der Waals surface area (Å²) in [6.45, 7) is 4.92. The molecule has 152 valence electrons. The Morgan fingerprint density at radius 2 is 1.63 bits per heavy atom. The van der Waals surface area contributed by atoms with Crippen molar-refractivity contribution in [1.29, 1.82) is 0 Å². The normalized spacial score (nSPS) is 19.4. The zero-order valence-electron chi connectivity index (χ0n) is 16.9. The molecule has 0 fully saturated rings. The van der Waals surface area contributed by atoms with Gasteiger partial charge in [0.1, 0.15) is 17.0 Å². The molecule has 2 aliphatic heterocycles. The first-order valence-corrected chi connectivity index (χ1v) is 10.7. The molecule has 0 bridgehead atoms. The quantitative estimate of drug-likeness (QED) is 0.293. The third-order valence-corrected chi connectivity index (χ3v) is 6.49. The Hall–Kier alpha value is -2.98. The molecule has 0 aliphatic carbocycles. The molecule has 4 nitrogen and oxygen atoms in total. The minimum absolute atomic E-state index is 0.108. The third-order valence-electron chi connectivity index (χ3n) is 5.95. The smallest absolute Gasteiger partial charge is 0.340 e. The van der Waals surface area contributed by atoms with Crippen molar-refractivity contribution in [3.05, 3.63) is 89.0 Å². The van der Waals surface area contributed by atoms with E-state index >= 15 is 0 Å². The Kier molecular flexibility index (Phi) is 4.48. The van der Waals surface area contributed by atoms with Gasteiger partial charge in [0.15, 0.2) is 5.60 Å². The van der Waals surface area contributed by atoms with E-state index in [-0.39, 0.29) is 11.5 Å². The van der Waals surface area contributed by atoms with Crippen LogP contribution < -0.4 is 9.64 Å². The van der Waals surface area contributed by atoms with Crippen LogP contribution in [0.5, 0.6) is 11.5 Å². The van der Waals surface area contributed by atoms with E-state index in [1.54, 1.807) is 0 Å². The van der Waals surface area contributed by atoms with E-state index in [0.29, 0.717) is 17.1 Å². The number of ether oxygens (including phenoxy) is 2. The topological polar surface area (TPSA) is 38.8 Å². The first-order valence-electron chi connectivity index (χ1n) is 10.3. The van der Waals surface area contributed by atoms with E-state index in [1.165, 1.54) is 0 Å². The first-order chi connectivity index (χ1) is 14.6. The van der Waals surface area contributed by atoms with Gasteiger partial charge in [0.2, 0.25) is 0 Å². The fourth-order valence-electron chi connectivity index (χ4n) is 4.56. The molecule has 5 heteroatoms. The maximum Gasteiger partial charge on any atom is 0.340 e. The highest BCUT2D eigenvalue weighted by molar-refractivity contribution is 6.21. The number of hydrogen-bond donors (Lipinski definition) is 0. The van der Waals surface area contributed by atoms with Gasteiger partial charge in [-0.1, -0.05) is 54.9 Å². The fraction of sp³-hybridized carbons (Fsp3) is 0.240. The number of carbonyl (C=O) groups excluding carboxylic acids is 1. The highest BCUT2D eigenvalue weighted by atomic mass is 35.5. The maximum absolute atomic E-state index is 12.8. The number of benzene rings is 3. The van der Waals surface area contributed by atoms with Crippen LogP contribution in [-0.2, 0) is 10.3 Å². The Balaban J connectivity index is 1.75. The molecule has 3 aromatic rings. The summed E-state index contributed by atoms with van der Waals surface area (Å²) in [5.74, 6) is 1.04. The van der Waals surface area contributed by atoms with E-state index in [2.05, 4.69) is 18.7 Å². The van der Waals surface area contributed by atoms with E-state index in [4.69, 9.17) is 21.1 Å². The Labute approximate surface area is 181 Å². The van der Waals surface area contributed by atoms with Crippen LogP contribution in [0.15, 0.2) is 66.7 Å². The molecule has 0 N–H and O–H groups in total. The SMILES string of the molecule is CCC(Cl)N(CC)c1ccc2c(c1)Oc1ccccc1C21OC(=O)c2ccccc21. The van der Waals surface area contributed by atoms with Gasteiger partial charge in [-0.2, -0.15) is 0 Å². The van der Waals surface area contributed by atoms with Crippen molar-refractivity contribution < 1.29 is 14.3 Å². The number of rotatable bonds is 4. The minimum Gasteiger partial charge on any atom is -0.456 e. The summed E-state index contributed by atoms with van der Waals surface area (Å²) in [7, 11) is 0. The second-order valence-electron chi connectivity index (χ2n) is 7.52. The zero-order valence-corrected chi connectivity index (χ0v) is 17.6. The first kappa shape index (κ1) is 19.0. The van der Waals surface area contributed by atoms with E-state index in [9.17, 15) is 4.79 Å². The minimum atomic E-state index is -1.02. The molecule has 0 radical (unpaired) electrons. The van der Waals surface area contributed by atoms with Crippen molar-refractivity contribution >= 4 is 23.3 Å². The molecule has 0 saturated heterocycles. The number of carbonyl (C=O) groups is 1. The van der Waals surface area contributed by atoms with Gasteiger partial charge in [-0.3, -0.25) is 0 Å². The van der Waals surface area contributed by atoms with E-state index < -0.39 is 5.60 Å². The third kappa shape index (κ3) is 2.56. The summed E-state index contributed by atoms with van der Waals surface area (Å²) in [6, 6.07) is 21.3. The Bertz CT molecular complexity index is 1140. The molecule has 2 heterocycles. The number of nitrogens with zero attached hydrogens (tertiary/aromatic N) is 1. The van der Waals surface area contributed by atoms with Crippen LogP contribution in [0.25, 0.3) is 0 Å². The molecule has 2 atom stereocenters. The van der Waals surface area contributed by atoms with Crippen LogP contribution in [0.4, 0.5) is 5.69 Å². The number of fused-ring (bicyclic) bond motifs is 6. The molecule has 2 aliphatic rings. The molecule has 1 spiro atoms. The number of para-hydroxylation sites is 1. The molecule has 30 heavy (non-hydrogen) atoms. The molecular weight excluding hydrogens is 398 g/mol. The Morgan fingerprint density at radius 1 is 0.933 bits per heavy atom. The molecule has 3 aromatic carbocycles. The van der Waals surface area contributed by atoms with Crippen LogP contribution in [0, 0.1) is 0 Å². The van der Waals surface area contributed by atoms with Crippen LogP contribution in [0.3, 0.4) is 0 Å². The van der Waals surface area contributed by atoms with Crippen molar-refractivity contribution in [3.8, 4) is 11.5 Å². The number of anilines is 1. The summed E-state index contributed by atoms with van der Waals surface area (Å²) in [4.78, 5) is 15.0. The Morgan fingerprint density at radius 3 is 2.40 bits per heavy atom. The second-order valence-corrected chi connectivity index (χ2v) is 8.03. The summed E-state index contributed by atoms with van der Waals surface area (Å²) in [5.41, 5.74) is 2.94. The summed E-state index contributed by atoms with van der Waals surface area (Å²) in [6.07, 6.45) is 0.825. The molecular formula is C25H22ClNO3. The molecule has 0 saturated carbocycles. The number of alkyl halides is 1. The largest absolute Gasteiger partial charge is 0.456 e. The van der Waals surface area contributed by atoms with Gasteiger partial charge < -0.3 is 14.4 Å². The fourth-order valence-corrected chi connectivity index (χ4v) is 4.81. The molecule has 5 rings (SSSR count). The highest BCUT2D eigenvalue weighted by Crippen LogP contribution is 2.56. The molecule has 0 amide bonds. The van der Waals surface area contributed by atoms with Gasteiger partial charge in [0, 0.05) is 35.0 Å². The maximum atomic E-state index is 12.8. The van der Waals surface area contributed by atoms with Crippen LogP contribution >= 0.6 is 11.6 Å². The summed E-state index contributed by atoms with van der Waals surface area (Å²) >= 11 is 6.55. The van der Waals surface area contributed by atoms with Crippen molar-refractivity contribution in [3.63, 3.8) is 0 Å². The van der Waals surface area contributed by atoms with E-state index in [0.717, 1.165) is 35.3 Å². The van der Waals surface area contributed by atoms with Gasteiger partial charge in [-0.25, -0.2) is 4.79 Å². The van der Waals surface area contributed by atoms with Crippen molar-refractivity contribution in [1.82, 2.24) is 0 Å². The lowest BCUT2D eigenvalue weighted by Crippen LogP contribution is -2.34. The zero-order chi connectivity index (χ0) is 20.9. The van der Waals surface area contributed by atoms with Gasteiger partial charge in [-0.05, 0) is 37.6 Å². The van der Waals surface area contributed by atoms with Gasteiger partial charge in [0.25, 0.3) is 0 Å². The van der Waals surface area contributed by atoms with Crippen molar-refractivity contribution in [2.75, 3.05) is 11.4 Å². The van der Waals surface area contributed by atoms with Crippen molar-refractivity contribution in [2.45, 2.75) is 31.4 Å². The lowest BCUT2D eigenvalue weighted by atomic mass is 9.77. The van der Waals surface area contributed by atoms with E-state index in [1.807, 2.05) is 66.7 Å². The predicted molar refractivity (Wildman–Crippen MR) is 118 cm³/mol. The van der Waals surface area contributed by atoms with Crippen LogP contribution in [-0.4, -0.2) is 18.0 Å². The standard InChI is InChI=1S/C25H22ClNO3/c1-3-23(26)27(4-2)16-13-14-20-22(15-16)29-21-12-8-7-11-19(21)25(20)18-10-6-5-9-17(18)24(28)30-25/h5-15,23H,3-4H2,1-2H3. The molecule has 2 unspecified atom stereocenters. The number of halogens is 1. The second kappa shape index (κ2) is 7.06. The average molecular weight is 420 g/mol. The average Bonchev–Trinajstić information content (AvgIpc) is 3.07. The predicted octanol–water partition coefficient (Wildman–Crippen LogP) is 6.06. The molecule has 0 aromatic heterocycles. The van der Waals surface area contributed by atoms with Crippen molar-refractivity contribution in [2.24, 2.45) is 0 Å². The summed E-state index contributed by atoms with van der Waals surface area (Å²) < 4.78 is 12.5. The number of hydrogen-bond acceptors (Lipinski definition) is 4. The van der Waals surface area contributed by atoms with Gasteiger partial charge in [-0.15, -0.1) is 0 Å². The van der Waals surface area contributed by atoms with Crippen LogP contribution in [0.1, 0.15) is 47.3 Å². The monoisotopic (exact) mass is 419 g/mol. The van der Waals surface area contributed by atoms with Crippen LogP contribution in [0.2, 0.25) is 0 Å². The lowest BCUT2D eigenvalue weighted by molar-refractivity contribution is 0.0224. The van der Waals surface area contributed by atoms with Gasteiger partial charge >= 0.3 is 5.97 Å².